The second-order valence-corrected chi connectivity index (χ2v) is 5.22. The van der Waals surface area contributed by atoms with Gasteiger partial charge < -0.3 is 9.64 Å². The Kier molecular flexibility index (Phi) is 3.53. The summed E-state index contributed by atoms with van der Waals surface area (Å²) in [5.41, 5.74) is 0.851. The maximum absolute atomic E-state index is 13.9. The molecule has 0 radical (unpaired) electrons. The molecule has 1 fully saturated rings. The highest BCUT2D eigenvalue weighted by molar-refractivity contribution is 6.02. The van der Waals surface area contributed by atoms with E-state index in [1.54, 1.807) is 11.0 Å². The summed E-state index contributed by atoms with van der Waals surface area (Å²) >= 11 is 0. The van der Waals surface area contributed by atoms with Crippen molar-refractivity contribution < 1.29 is 18.7 Å². The van der Waals surface area contributed by atoms with Gasteiger partial charge in [-0.05, 0) is 6.07 Å². The number of ketones is 1. The van der Waals surface area contributed by atoms with E-state index in [9.17, 15) is 14.0 Å². The van der Waals surface area contributed by atoms with E-state index in [4.69, 9.17) is 4.74 Å². The van der Waals surface area contributed by atoms with Gasteiger partial charge in [-0.15, -0.1) is 0 Å². The van der Waals surface area contributed by atoms with E-state index in [1.165, 1.54) is 12.1 Å². The zero-order chi connectivity index (χ0) is 14.1. The van der Waals surface area contributed by atoms with Crippen molar-refractivity contribution in [1.29, 1.82) is 0 Å². The van der Waals surface area contributed by atoms with Crippen LogP contribution in [0.4, 0.5) is 4.39 Å². The SMILES string of the molecule is O=C1CC(CC(=O)N2CCOCC2)c2c(F)cccc21. The normalized spacial score (nSPS) is 21.9. The van der Waals surface area contributed by atoms with Crippen LogP contribution < -0.4 is 0 Å². The average Bonchev–Trinajstić information content (AvgIpc) is 2.78. The molecule has 1 aromatic rings. The number of morpholine rings is 1. The van der Waals surface area contributed by atoms with Crippen LogP contribution in [0.15, 0.2) is 18.2 Å². The highest BCUT2D eigenvalue weighted by atomic mass is 19.1. The van der Waals surface area contributed by atoms with Crippen LogP contribution in [0.5, 0.6) is 0 Å². The topological polar surface area (TPSA) is 46.6 Å². The molecule has 3 rings (SSSR count). The van der Waals surface area contributed by atoms with Crippen LogP contribution in [-0.4, -0.2) is 42.9 Å². The molecule has 0 N–H and O–H groups in total. The van der Waals surface area contributed by atoms with E-state index in [1.807, 2.05) is 0 Å². The van der Waals surface area contributed by atoms with Crippen LogP contribution in [0.1, 0.15) is 34.7 Å². The third-order valence-corrected chi connectivity index (χ3v) is 3.98. The van der Waals surface area contributed by atoms with E-state index in [-0.39, 0.29) is 36.3 Å². The highest BCUT2D eigenvalue weighted by Crippen LogP contribution is 2.37. The van der Waals surface area contributed by atoms with Gasteiger partial charge in [-0.25, -0.2) is 4.39 Å². The van der Waals surface area contributed by atoms with Gasteiger partial charge >= 0.3 is 0 Å². The number of ether oxygens (including phenoxy) is 1. The fourth-order valence-corrected chi connectivity index (χ4v) is 2.96. The molecule has 0 bridgehead atoms. The van der Waals surface area contributed by atoms with Crippen LogP contribution in [-0.2, 0) is 9.53 Å². The van der Waals surface area contributed by atoms with Gasteiger partial charge in [-0.3, -0.25) is 9.59 Å². The van der Waals surface area contributed by atoms with Crippen molar-refractivity contribution in [3.05, 3.63) is 35.1 Å². The Balaban J connectivity index is 1.76. The lowest BCUT2D eigenvalue weighted by Crippen LogP contribution is -2.41. The summed E-state index contributed by atoms with van der Waals surface area (Å²) in [5, 5.41) is 0. The average molecular weight is 277 g/mol. The minimum Gasteiger partial charge on any atom is -0.378 e. The van der Waals surface area contributed by atoms with Gasteiger partial charge in [-0.2, -0.15) is 0 Å². The minimum atomic E-state index is -0.381. The fraction of sp³-hybridized carbons (Fsp3) is 0.467. The lowest BCUT2D eigenvalue weighted by atomic mass is 9.96. The molecule has 1 aromatic carbocycles. The molecule has 1 aliphatic heterocycles. The van der Waals surface area contributed by atoms with E-state index < -0.39 is 0 Å². The first-order valence-electron chi connectivity index (χ1n) is 6.84. The summed E-state index contributed by atoms with van der Waals surface area (Å²) in [6, 6.07) is 4.53. The Morgan fingerprint density at radius 1 is 1.35 bits per heavy atom. The Labute approximate surface area is 116 Å². The van der Waals surface area contributed by atoms with Crippen LogP contribution in [0, 0.1) is 5.82 Å². The van der Waals surface area contributed by atoms with Gasteiger partial charge in [0.05, 0.1) is 13.2 Å². The monoisotopic (exact) mass is 277 g/mol. The first-order valence-corrected chi connectivity index (χ1v) is 6.84. The van der Waals surface area contributed by atoms with Gasteiger partial charge in [0.1, 0.15) is 5.82 Å². The predicted molar refractivity (Wildman–Crippen MR) is 70.1 cm³/mol. The molecule has 0 aromatic heterocycles. The van der Waals surface area contributed by atoms with Crippen molar-refractivity contribution in [3.8, 4) is 0 Å². The molecule has 1 saturated heterocycles. The van der Waals surface area contributed by atoms with Gasteiger partial charge in [0, 0.05) is 43.0 Å². The van der Waals surface area contributed by atoms with Crippen LogP contribution in [0.2, 0.25) is 0 Å². The quantitative estimate of drug-likeness (QED) is 0.827. The Morgan fingerprint density at radius 3 is 2.85 bits per heavy atom. The Bertz CT molecular complexity index is 552. The predicted octanol–water partition coefficient (Wildman–Crippen LogP) is 1.74. The maximum Gasteiger partial charge on any atom is 0.223 e. The van der Waals surface area contributed by atoms with E-state index >= 15 is 0 Å². The number of benzene rings is 1. The van der Waals surface area contributed by atoms with Crippen molar-refractivity contribution in [3.63, 3.8) is 0 Å². The summed E-state index contributed by atoms with van der Waals surface area (Å²) in [5.74, 6) is -0.802. The number of halogens is 1. The summed E-state index contributed by atoms with van der Waals surface area (Å²) < 4.78 is 19.1. The molecular weight excluding hydrogens is 261 g/mol. The number of Topliss-reactive ketones (excluding diaryl/α,β-unsaturated/α-hetero) is 1. The summed E-state index contributed by atoms with van der Waals surface area (Å²) in [4.78, 5) is 25.8. The second-order valence-electron chi connectivity index (χ2n) is 5.22. The number of fused-ring (bicyclic) bond motifs is 1. The molecule has 1 heterocycles. The van der Waals surface area contributed by atoms with Gasteiger partial charge in [0.25, 0.3) is 0 Å². The van der Waals surface area contributed by atoms with E-state index in [0.29, 0.717) is 37.4 Å². The van der Waals surface area contributed by atoms with Crippen molar-refractivity contribution in [1.82, 2.24) is 4.90 Å². The second kappa shape index (κ2) is 5.32. The highest BCUT2D eigenvalue weighted by Gasteiger charge is 2.34. The smallest absolute Gasteiger partial charge is 0.223 e. The fourth-order valence-electron chi connectivity index (χ4n) is 2.96. The first-order chi connectivity index (χ1) is 9.66. The van der Waals surface area contributed by atoms with Crippen LogP contribution in [0.3, 0.4) is 0 Å². The number of nitrogens with zero attached hydrogens (tertiary/aromatic N) is 1. The lowest BCUT2D eigenvalue weighted by molar-refractivity contribution is -0.135. The summed E-state index contributed by atoms with van der Waals surface area (Å²) in [7, 11) is 0. The molecule has 106 valence electrons. The van der Waals surface area contributed by atoms with Crippen molar-refractivity contribution >= 4 is 11.7 Å². The molecule has 0 spiro atoms. The third-order valence-electron chi connectivity index (χ3n) is 3.98. The van der Waals surface area contributed by atoms with E-state index in [2.05, 4.69) is 0 Å². The molecule has 1 atom stereocenters. The summed E-state index contributed by atoms with van der Waals surface area (Å²) in [6.07, 6.45) is 0.423. The standard InChI is InChI=1S/C15H16FNO3/c16-12-3-1-2-11-13(18)8-10(15(11)12)9-14(19)17-4-6-20-7-5-17/h1-3,10H,4-9H2. The molecule has 1 unspecified atom stereocenters. The van der Waals surface area contributed by atoms with Crippen molar-refractivity contribution in [2.45, 2.75) is 18.8 Å². The Morgan fingerprint density at radius 2 is 2.10 bits per heavy atom. The molecule has 4 nitrogen and oxygen atoms in total. The molecule has 2 aliphatic rings. The molecule has 1 aliphatic carbocycles. The number of hydrogen-bond acceptors (Lipinski definition) is 3. The lowest BCUT2D eigenvalue weighted by Gasteiger charge is -2.28. The molecule has 20 heavy (non-hydrogen) atoms. The number of amides is 1. The summed E-state index contributed by atoms with van der Waals surface area (Å²) in [6.45, 7) is 2.23. The largest absolute Gasteiger partial charge is 0.378 e. The maximum atomic E-state index is 13.9. The third kappa shape index (κ3) is 2.33. The molecule has 0 saturated carbocycles. The number of carbonyl (C=O) groups is 2. The van der Waals surface area contributed by atoms with Crippen LogP contribution >= 0.6 is 0 Å². The number of rotatable bonds is 2. The van der Waals surface area contributed by atoms with Gasteiger partial charge in [-0.1, -0.05) is 12.1 Å². The van der Waals surface area contributed by atoms with Crippen molar-refractivity contribution in [2.75, 3.05) is 26.3 Å². The minimum absolute atomic E-state index is 0.0257. The Hall–Kier alpha value is -1.75. The molecule has 1 amide bonds. The number of carbonyl (C=O) groups excluding carboxylic acids is 2. The van der Waals surface area contributed by atoms with Gasteiger partial charge in [0.2, 0.25) is 5.91 Å². The van der Waals surface area contributed by atoms with Crippen molar-refractivity contribution in [2.24, 2.45) is 0 Å². The first kappa shape index (κ1) is 13.2. The van der Waals surface area contributed by atoms with Crippen LogP contribution in [0.25, 0.3) is 0 Å². The molecule has 5 heteroatoms. The zero-order valence-corrected chi connectivity index (χ0v) is 11.1. The zero-order valence-electron chi connectivity index (χ0n) is 11.1. The van der Waals surface area contributed by atoms with E-state index in [0.717, 1.165) is 0 Å². The molecular formula is C15H16FNO3. The number of hydrogen-bond donors (Lipinski definition) is 0. The van der Waals surface area contributed by atoms with Gasteiger partial charge in [0.15, 0.2) is 5.78 Å².